The first-order chi connectivity index (χ1) is 8.84. The Morgan fingerprint density at radius 1 is 1.44 bits per heavy atom. The molecule has 1 aromatic heterocycles. The van der Waals surface area contributed by atoms with Crippen molar-refractivity contribution in [2.45, 2.75) is 24.8 Å². The van der Waals surface area contributed by atoms with Crippen LogP contribution < -0.4 is 5.32 Å². The number of nitrogens with zero attached hydrogens (tertiary/aromatic N) is 2. The maximum absolute atomic E-state index is 12.2. The molecule has 0 spiro atoms. The number of piperidine rings is 1. The van der Waals surface area contributed by atoms with Crippen LogP contribution in [-0.4, -0.2) is 51.5 Å². The van der Waals surface area contributed by atoms with Crippen molar-refractivity contribution in [3.05, 3.63) is 18.2 Å². The average Bonchev–Trinajstić information content (AvgIpc) is 3.11. The summed E-state index contributed by atoms with van der Waals surface area (Å²) in [6, 6.07) is 0.0372. The fraction of sp³-hybridized carbons (Fsp3) is 0.667. The Morgan fingerprint density at radius 2 is 2.28 bits per heavy atom. The topological polar surface area (TPSA) is 61.0 Å². The number of aromatic amines is 1. The third kappa shape index (κ3) is 2.40. The molecule has 98 valence electrons. The van der Waals surface area contributed by atoms with Gasteiger partial charge in [-0.15, -0.1) is 11.8 Å². The van der Waals surface area contributed by atoms with E-state index in [0.29, 0.717) is 5.92 Å². The molecule has 2 aliphatic heterocycles. The predicted molar refractivity (Wildman–Crippen MR) is 71.4 cm³/mol. The smallest absolute Gasteiger partial charge is 0.240 e. The van der Waals surface area contributed by atoms with Crippen molar-refractivity contribution in [3.8, 4) is 0 Å². The fourth-order valence-electron chi connectivity index (χ4n) is 2.65. The number of imidazole rings is 1. The van der Waals surface area contributed by atoms with Crippen LogP contribution in [0.1, 0.15) is 24.6 Å². The summed E-state index contributed by atoms with van der Waals surface area (Å²) < 4.78 is 0. The summed E-state index contributed by atoms with van der Waals surface area (Å²) in [5.41, 5.74) is 0. The Labute approximate surface area is 111 Å². The Kier molecular flexibility index (Phi) is 3.56. The van der Waals surface area contributed by atoms with Crippen LogP contribution in [-0.2, 0) is 4.79 Å². The highest BCUT2D eigenvalue weighted by atomic mass is 32.2. The molecule has 5 nitrogen and oxygen atoms in total. The van der Waals surface area contributed by atoms with Crippen molar-refractivity contribution in [1.82, 2.24) is 20.2 Å². The third-order valence-corrected chi connectivity index (χ3v) is 4.67. The molecule has 2 aliphatic rings. The number of carbonyl (C=O) groups excluding carboxylic acids is 1. The van der Waals surface area contributed by atoms with E-state index >= 15 is 0 Å². The van der Waals surface area contributed by atoms with Crippen LogP contribution in [0.3, 0.4) is 0 Å². The van der Waals surface area contributed by atoms with Crippen molar-refractivity contribution in [3.63, 3.8) is 0 Å². The van der Waals surface area contributed by atoms with Gasteiger partial charge in [0, 0.05) is 43.0 Å². The van der Waals surface area contributed by atoms with Crippen LogP contribution in [0, 0.1) is 0 Å². The lowest BCUT2D eigenvalue weighted by Crippen LogP contribution is -2.47. The lowest BCUT2D eigenvalue weighted by molar-refractivity contribution is -0.133. The largest absolute Gasteiger partial charge is 0.348 e. The molecule has 2 fully saturated rings. The standard InChI is InChI=1S/C12H18N4OS/c17-12(10-7-18-8-15-10)16-5-1-9(2-6-16)11-13-3-4-14-11/h3-4,9-10,15H,1-2,5-8H2,(H,13,14). The summed E-state index contributed by atoms with van der Waals surface area (Å²) >= 11 is 1.80. The number of thioether (sulfide) groups is 1. The van der Waals surface area contributed by atoms with Gasteiger partial charge < -0.3 is 9.88 Å². The molecule has 2 N–H and O–H groups in total. The van der Waals surface area contributed by atoms with Gasteiger partial charge in [0.25, 0.3) is 0 Å². The second-order valence-electron chi connectivity index (χ2n) is 4.85. The van der Waals surface area contributed by atoms with E-state index in [9.17, 15) is 4.79 Å². The highest BCUT2D eigenvalue weighted by Gasteiger charge is 2.30. The molecule has 1 amide bonds. The van der Waals surface area contributed by atoms with Crippen LogP contribution in [0.4, 0.5) is 0 Å². The molecular weight excluding hydrogens is 248 g/mol. The second kappa shape index (κ2) is 5.32. The maximum Gasteiger partial charge on any atom is 0.240 e. The Morgan fingerprint density at radius 3 is 2.89 bits per heavy atom. The minimum absolute atomic E-state index is 0.0372. The molecule has 2 saturated heterocycles. The Balaban J connectivity index is 1.55. The molecule has 0 saturated carbocycles. The fourth-order valence-corrected chi connectivity index (χ4v) is 3.58. The number of aromatic nitrogens is 2. The normalized spacial score (nSPS) is 25.6. The summed E-state index contributed by atoms with van der Waals surface area (Å²) in [7, 11) is 0. The predicted octanol–water partition coefficient (Wildman–Crippen LogP) is 0.778. The second-order valence-corrected chi connectivity index (χ2v) is 5.88. The molecule has 0 bridgehead atoms. The number of likely N-dealkylation sites (tertiary alicyclic amines) is 1. The molecule has 6 heteroatoms. The number of hydrogen-bond donors (Lipinski definition) is 2. The number of rotatable bonds is 2. The average molecular weight is 266 g/mol. The molecule has 1 unspecified atom stereocenters. The van der Waals surface area contributed by atoms with E-state index in [1.807, 2.05) is 11.1 Å². The van der Waals surface area contributed by atoms with Gasteiger partial charge in [0.15, 0.2) is 0 Å². The molecule has 0 aliphatic carbocycles. The van der Waals surface area contributed by atoms with Gasteiger partial charge >= 0.3 is 0 Å². The van der Waals surface area contributed by atoms with Crippen molar-refractivity contribution >= 4 is 17.7 Å². The zero-order chi connectivity index (χ0) is 12.4. The van der Waals surface area contributed by atoms with Gasteiger partial charge in [0.1, 0.15) is 5.82 Å². The third-order valence-electron chi connectivity index (χ3n) is 3.73. The Hall–Kier alpha value is -1.01. The zero-order valence-corrected chi connectivity index (χ0v) is 11.1. The van der Waals surface area contributed by atoms with Crippen LogP contribution in [0.5, 0.6) is 0 Å². The van der Waals surface area contributed by atoms with E-state index in [1.165, 1.54) is 0 Å². The summed E-state index contributed by atoms with van der Waals surface area (Å²) in [4.78, 5) is 21.7. The molecular formula is C12H18N4OS. The van der Waals surface area contributed by atoms with E-state index in [2.05, 4.69) is 15.3 Å². The highest BCUT2D eigenvalue weighted by molar-refractivity contribution is 7.99. The SMILES string of the molecule is O=C(C1CSCN1)N1CCC(c2ncc[nH]2)CC1. The number of hydrogen-bond acceptors (Lipinski definition) is 4. The molecule has 3 heterocycles. The number of carbonyl (C=O) groups is 1. The number of nitrogens with one attached hydrogen (secondary N) is 2. The Bertz CT molecular complexity index is 394. The van der Waals surface area contributed by atoms with Crippen LogP contribution >= 0.6 is 11.8 Å². The van der Waals surface area contributed by atoms with Gasteiger partial charge in [-0.2, -0.15) is 0 Å². The quantitative estimate of drug-likeness (QED) is 0.830. The van der Waals surface area contributed by atoms with Gasteiger partial charge in [0.05, 0.1) is 6.04 Å². The number of amides is 1. The van der Waals surface area contributed by atoms with E-state index in [4.69, 9.17) is 0 Å². The van der Waals surface area contributed by atoms with Gasteiger partial charge in [-0.25, -0.2) is 4.98 Å². The van der Waals surface area contributed by atoms with E-state index in [0.717, 1.165) is 43.4 Å². The van der Waals surface area contributed by atoms with Crippen molar-refractivity contribution in [2.24, 2.45) is 0 Å². The molecule has 1 atom stereocenters. The first-order valence-electron chi connectivity index (χ1n) is 6.44. The maximum atomic E-state index is 12.2. The zero-order valence-electron chi connectivity index (χ0n) is 10.3. The minimum atomic E-state index is 0.0372. The summed E-state index contributed by atoms with van der Waals surface area (Å²) in [5.74, 6) is 3.64. The minimum Gasteiger partial charge on any atom is -0.348 e. The molecule has 0 radical (unpaired) electrons. The molecule has 1 aromatic rings. The molecule has 3 rings (SSSR count). The van der Waals surface area contributed by atoms with E-state index in [1.54, 1.807) is 18.0 Å². The van der Waals surface area contributed by atoms with Gasteiger partial charge in [0.2, 0.25) is 5.91 Å². The van der Waals surface area contributed by atoms with Crippen molar-refractivity contribution in [2.75, 3.05) is 24.7 Å². The first kappa shape index (κ1) is 12.0. The summed E-state index contributed by atoms with van der Waals surface area (Å²) in [6.45, 7) is 1.71. The van der Waals surface area contributed by atoms with Gasteiger partial charge in [-0.3, -0.25) is 10.1 Å². The van der Waals surface area contributed by atoms with E-state index in [-0.39, 0.29) is 11.9 Å². The molecule has 18 heavy (non-hydrogen) atoms. The van der Waals surface area contributed by atoms with Crippen molar-refractivity contribution in [1.29, 1.82) is 0 Å². The molecule has 0 aromatic carbocycles. The van der Waals surface area contributed by atoms with Crippen LogP contribution in [0.2, 0.25) is 0 Å². The monoisotopic (exact) mass is 266 g/mol. The lowest BCUT2D eigenvalue weighted by Gasteiger charge is -2.32. The van der Waals surface area contributed by atoms with Gasteiger partial charge in [-0.1, -0.05) is 0 Å². The first-order valence-corrected chi connectivity index (χ1v) is 7.59. The van der Waals surface area contributed by atoms with Gasteiger partial charge in [-0.05, 0) is 12.8 Å². The van der Waals surface area contributed by atoms with Crippen LogP contribution in [0.15, 0.2) is 12.4 Å². The van der Waals surface area contributed by atoms with Crippen LogP contribution in [0.25, 0.3) is 0 Å². The summed E-state index contributed by atoms with van der Waals surface area (Å²) in [6.07, 6.45) is 5.69. The summed E-state index contributed by atoms with van der Waals surface area (Å²) in [5, 5.41) is 3.25. The van der Waals surface area contributed by atoms with E-state index < -0.39 is 0 Å². The highest BCUT2D eigenvalue weighted by Crippen LogP contribution is 2.26. The number of H-pyrrole nitrogens is 1. The lowest BCUT2D eigenvalue weighted by atomic mass is 9.96. The van der Waals surface area contributed by atoms with Crippen molar-refractivity contribution < 1.29 is 4.79 Å².